The molecule has 0 aliphatic rings. The molecule has 25 heavy (non-hydrogen) atoms. The van der Waals surface area contributed by atoms with Crippen LogP contribution in [0.5, 0.6) is 0 Å². The van der Waals surface area contributed by atoms with Crippen LogP contribution in [0.1, 0.15) is 31.5 Å². The maximum atomic E-state index is 12.5. The molecule has 0 spiro atoms. The van der Waals surface area contributed by atoms with Crippen LogP contribution in [0.4, 0.5) is 5.82 Å². The molecule has 0 aliphatic heterocycles. The Bertz CT molecular complexity index is 877. The van der Waals surface area contributed by atoms with Gasteiger partial charge in [0.1, 0.15) is 24.5 Å². The number of benzene rings is 1. The van der Waals surface area contributed by atoms with Gasteiger partial charge in [-0.25, -0.2) is 14.3 Å². The molecule has 0 bridgehead atoms. The van der Waals surface area contributed by atoms with E-state index >= 15 is 0 Å². The predicted molar refractivity (Wildman–Crippen MR) is 95.9 cm³/mol. The zero-order valence-electron chi connectivity index (χ0n) is 13.6. The fraction of sp³-hybridized carbons (Fsp3) is 0.250. The van der Waals surface area contributed by atoms with E-state index in [0.29, 0.717) is 15.9 Å². The molecule has 7 nitrogen and oxygen atoms in total. The van der Waals surface area contributed by atoms with E-state index in [9.17, 15) is 4.79 Å². The van der Waals surface area contributed by atoms with Gasteiger partial charge in [-0.1, -0.05) is 23.2 Å². The summed E-state index contributed by atoms with van der Waals surface area (Å²) in [5.74, 6) is 0.331. The van der Waals surface area contributed by atoms with Crippen molar-refractivity contribution >= 4 is 34.9 Å². The number of nitrogens with zero attached hydrogens (tertiary/aromatic N) is 5. The second kappa shape index (κ2) is 7.25. The molecule has 0 saturated carbocycles. The molecule has 1 N–H and O–H groups in total. The van der Waals surface area contributed by atoms with Crippen molar-refractivity contribution in [2.75, 3.05) is 5.32 Å². The van der Waals surface area contributed by atoms with Crippen LogP contribution in [0.25, 0.3) is 0 Å². The minimum absolute atomic E-state index is 0.210. The maximum Gasteiger partial charge on any atom is 0.250 e. The maximum absolute atomic E-state index is 12.5. The summed E-state index contributed by atoms with van der Waals surface area (Å²) in [6, 6.07) is 6.27. The van der Waals surface area contributed by atoms with Gasteiger partial charge in [-0.05, 0) is 37.6 Å². The Hall–Kier alpha value is -2.38. The standard InChI is InChI=1S/C16H16Cl2N6O/c1-10(13-7-12(17)3-4-14(13)18)24-15(5-6-20-24)22-16(25)11(2)23-9-19-8-21-23/h3-11H,1-2H3,(H,22,25)/t10-,11+/m0/s1. The highest BCUT2D eigenvalue weighted by Gasteiger charge is 2.20. The number of hydrogen-bond acceptors (Lipinski definition) is 4. The fourth-order valence-corrected chi connectivity index (χ4v) is 2.91. The van der Waals surface area contributed by atoms with Crippen molar-refractivity contribution < 1.29 is 4.79 Å². The van der Waals surface area contributed by atoms with Gasteiger partial charge in [0.15, 0.2) is 0 Å². The minimum Gasteiger partial charge on any atom is -0.309 e. The third-order valence-corrected chi connectivity index (χ3v) is 4.49. The quantitative estimate of drug-likeness (QED) is 0.735. The van der Waals surface area contributed by atoms with Gasteiger partial charge in [-0.15, -0.1) is 0 Å². The number of carbonyl (C=O) groups excluding carboxylic acids is 1. The zero-order valence-corrected chi connectivity index (χ0v) is 15.1. The number of anilines is 1. The van der Waals surface area contributed by atoms with Gasteiger partial charge in [0, 0.05) is 16.1 Å². The van der Waals surface area contributed by atoms with Crippen molar-refractivity contribution in [3.63, 3.8) is 0 Å². The third-order valence-electron chi connectivity index (χ3n) is 3.91. The Morgan fingerprint density at radius 1 is 1.20 bits per heavy atom. The van der Waals surface area contributed by atoms with Crippen molar-refractivity contribution in [2.45, 2.75) is 25.9 Å². The highest BCUT2D eigenvalue weighted by Crippen LogP contribution is 2.30. The lowest BCUT2D eigenvalue weighted by atomic mass is 10.1. The first-order valence-electron chi connectivity index (χ1n) is 7.61. The summed E-state index contributed by atoms with van der Waals surface area (Å²) in [6.07, 6.45) is 4.50. The van der Waals surface area contributed by atoms with Crippen LogP contribution in [-0.2, 0) is 4.79 Å². The molecule has 0 radical (unpaired) electrons. The molecule has 3 rings (SSSR count). The van der Waals surface area contributed by atoms with E-state index in [2.05, 4.69) is 20.5 Å². The van der Waals surface area contributed by atoms with E-state index in [1.54, 1.807) is 42.1 Å². The van der Waals surface area contributed by atoms with E-state index in [4.69, 9.17) is 23.2 Å². The average molecular weight is 379 g/mol. The topological polar surface area (TPSA) is 77.6 Å². The van der Waals surface area contributed by atoms with E-state index < -0.39 is 6.04 Å². The van der Waals surface area contributed by atoms with E-state index in [1.165, 1.54) is 17.3 Å². The second-order valence-electron chi connectivity index (χ2n) is 5.54. The number of halogens is 2. The van der Waals surface area contributed by atoms with E-state index in [1.807, 2.05) is 6.92 Å². The van der Waals surface area contributed by atoms with Crippen LogP contribution in [0.15, 0.2) is 43.1 Å². The summed E-state index contributed by atoms with van der Waals surface area (Å²) in [5, 5.41) is 12.3. The lowest BCUT2D eigenvalue weighted by Crippen LogP contribution is -2.26. The summed E-state index contributed by atoms with van der Waals surface area (Å²) in [6.45, 7) is 3.67. The molecule has 1 aromatic carbocycles. The Kier molecular flexibility index (Phi) is 5.06. The van der Waals surface area contributed by atoms with Crippen LogP contribution >= 0.6 is 23.2 Å². The Labute approximate surface area is 154 Å². The van der Waals surface area contributed by atoms with Crippen molar-refractivity contribution in [1.29, 1.82) is 0 Å². The SMILES string of the molecule is C[C@H](C(=O)Nc1ccnn1[C@@H](C)c1cc(Cl)ccc1Cl)n1cncn1. The number of amides is 1. The van der Waals surface area contributed by atoms with Gasteiger partial charge >= 0.3 is 0 Å². The first-order valence-corrected chi connectivity index (χ1v) is 8.36. The van der Waals surface area contributed by atoms with Crippen LogP contribution in [0.2, 0.25) is 10.0 Å². The Morgan fingerprint density at radius 3 is 2.72 bits per heavy atom. The summed E-state index contributed by atoms with van der Waals surface area (Å²) < 4.78 is 3.16. The zero-order chi connectivity index (χ0) is 18.0. The Morgan fingerprint density at radius 2 is 2.00 bits per heavy atom. The predicted octanol–water partition coefficient (Wildman–Crippen LogP) is 3.59. The molecule has 3 aromatic rings. The van der Waals surface area contributed by atoms with Gasteiger partial charge in [-0.3, -0.25) is 4.79 Å². The molecule has 2 heterocycles. The molecule has 2 aromatic heterocycles. The molecular weight excluding hydrogens is 363 g/mol. The monoisotopic (exact) mass is 378 g/mol. The van der Waals surface area contributed by atoms with Crippen LogP contribution < -0.4 is 5.32 Å². The van der Waals surface area contributed by atoms with Gasteiger partial charge in [0.05, 0.1) is 12.2 Å². The number of rotatable bonds is 5. The third kappa shape index (κ3) is 3.67. The van der Waals surface area contributed by atoms with Crippen LogP contribution in [-0.4, -0.2) is 30.5 Å². The second-order valence-corrected chi connectivity index (χ2v) is 6.39. The number of carbonyl (C=O) groups is 1. The molecule has 0 fully saturated rings. The molecule has 1 amide bonds. The fourth-order valence-electron chi connectivity index (χ4n) is 2.46. The normalized spacial score (nSPS) is 13.4. The first kappa shape index (κ1) is 17.4. The van der Waals surface area contributed by atoms with Crippen molar-refractivity contribution in [2.24, 2.45) is 0 Å². The number of nitrogens with one attached hydrogen (secondary N) is 1. The van der Waals surface area contributed by atoms with Crippen LogP contribution in [0, 0.1) is 0 Å². The molecule has 9 heteroatoms. The molecular formula is C16H16Cl2N6O. The molecule has 2 atom stereocenters. The molecule has 0 aliphatic carbocycles. The van der Waals surface area contributed by atoms with Crippen molar-refractivity contribution in [3.8, 4) is 0 Å². The van der Waals surface area contributed by atoms with Crippen molar-refractivity contribution in [1.82, 2.24) is 24.5 Å². The molecule has 130 valence electrons. The summed E-state index contributed by atoms with van der Waals surface area (Å²) in [7, 11) is 0. The van der Waals surface area contributed by atoms with Gasteiger partial charge in [0.25, 0.3) is 0 Å². The first-order chi connectivity index (χ1) is 12.0. The lowest BCUT2D eigenvalue weighted by Gasteiger charge is -2.19. The smallest absolute Gasteiger partial charge is 0.250 e. The van der Waals surface area contributed by atoms with Gasteiger partial charge in [-0.2, -0.15) is 10.2 Å². The minimum atomic E-state index is -0.504. The largest absolute Gasteiger partial charge is 0.309 e. The lowest BCUT2D eigenvalue weighted by molar-refractivity contribution is -0.119. The summed E-state index contributed by atoms with van der Waals surface area (Å²) in [5.41, 5.74) is 0.817. The summed E-state index contributed by atoms with van der Waals surface area (Å²) >= 11 is 12.3. The number of aromatic nitrogens is 5. The van der Waals surface area contributed by atoms with Crippen molar-refractivity contribution in [3.05, 3.63) is 58.7 Å². The highest BCUT2D eigenvalue weighted by molar-refractivity contribution is 6.33. The van der Waals surface area contributed by atoms with Gasteiger partial charge in [0.2, 0.25) is 5.91 Å². The molecule has 0 saturated heterocycles. The highest BCUT2D eigenvalue weighted by atomic mass is 35.5. The van der Waals surface area contributed by atoms with E-state index in [-0.39, 0.29) is 11.9 Å². The summed E-state index contributed by atoms with van der Waals surface area (Å²) in [4.78, 5) is 16.3. The average Bonchev–Trinajstić information content (AvgIpc) is 3.27. The van der Waals surface area contributed by atoms with Gasteiger partial charge < -0.3 is 5.32 Å². The molecule has 0 unspecified atom stereocenters. The van der Waals surface area contributed by atoms with Crippen LogP contribution in [0.3, 0.4) is 0 Å². The number of hydrogen-bond donors (Lipinski definition) is 1. The Balaban J connectivity index is 1.83. The van der Waals surface area contributed by atoms with E-state index in [0.717, 1.165) is 5.56 Å².